The van der Waals surface area contributed by atoms with Gasteiger partial charge in [0.05, 0.1) is 5.69 Å². The molecule has 1 aliphatic heterocycles. The molecule has 2 aliphatic rings. The number of rotatable bonds is 5. The van der Waals surface area contributed by atoms with Crippen LogP contribution in [0.25, 0.3) is 0 Å². The first-order chi connectivity index (χ1) is 11.7. The Labute approximate surface area is 142 Å². The fraction of sp³-hybridized carbons (Fsp3) is 0.556. The smallest absolute Gasteiger partial charge is 0.267 e. The quantitative estimate of drug-likeness (QED) is 0.905. The van der Waals surface area contributed by atoms with Crippen molar-refractivity contribution in [2.75, 3.05) is 19.6 Å². The number of fused-ring (bicyclic) bond motifs is 1. The van der Waals surface area contributed by atoms with Gasteiger partial charge in [-0.05, 0) is 37.0 Å². The van der Waals surface area contributed by atoms with E-state index in [0.29, 0.717) is 18.2 Å². The number of carbonyl (C=O) groups is 1. The lowest BCUT2D eigenvalue weighted by Gasteiger charge is -2.24. The Hall–Kier alpha value is -2.08. The van der Waals surface area contributed by atoms with Gasteiger partial charge in [-0.1, -0.05) is 0 Å². The molecule has 1 unspecified atom stereocenters. The lowest BCUT2D eigenvalue weighted by Crippen LogP contribution is -2.37. The molecule has 1 atom stereocenters. The summed E-state index contributed by atoms with van der Waals surface area (Å²) in [4.78, 5) is 14.9. The lowest BCUT2D eigenvalue weighted by atomic mass is 10.1. The van der Waals surface area contributed by atoms with Crippen LogP contribution in [0, 0.1) is 11.8 Å². The SMILES string of the molecule is Cn1cccc1C(=O)NCC1CN(CC2CC2)Cc2ccnn2C1. The largest absolute Gasteiger partial charge is 0.350 e. The number of aryl methyl sites for hydroxylation is 1. The highest BCUT2D eigenvalue weighted by atomic mass is 16.1. The molecule has 1 saturated carbocycles. The van der Waals surface area contributed by atoms with E-state index in [9.17, 15) is 4.79 Å². The van der Waals surface area contributed by atoms with E-state index in [-0.39, 0.29) is 5.91 Å². The van der Waals surface area contributed by atoms with E-state index < -0.39 is 0 Å². The van der Waals surface area contributed by atoms with Crippen molar-refractivity contribution >= 4 is 5.91 Å². The van der Waals surface area contributed by atoms with Crippen LogP contribution < -0.4 is 5.32 Å². The van der Waals surface area contributed by atoms with Crippen molar-refractivity contribution in [3.8, 4) is 0 Å². The Morgan fingerprint density at radius 1 is 1.29 bits per heavy atom. The third-order valence-corrected chi connectivity index (χ3v) is 5.08. The van der Waals surface area contributed by atoms with Crippen molar-refractivity contribution in [2.24, 2.45) is 18.9 Å². The van der Waals surface area contributed by atoms with Crippen molar-refractivity contribution in [3.63, 3.8) is 0 Å². The van der Waals surface area contributed by atoms with Crippen LogP contribution in [-0.4, -0.2) is 44.8 Å². The number of amides is 1. The number of hydrogen-bond acceptors (Lipinski definition) is 3. The van der Waals surface area contributed by atoms with Gasteiger partial charge >= 0.3 is 0 Å². The molecule has 1 aliphatic carbocycles. The maximum atomic E-state index is 12.4. The zero-order chi connectivity index (χ0) is 16.5. The maximum absolute atomic E-state index is 12.4. The van der Waals surface area contributed by atoms with Gasteiger partial charge in [0.2, 0.25) is 0 Å². The fourth-order valence-electron chi connectivity index (χ4n) is 3.58. The summed E-state index contributed by atoms with van der Waals surface area (Å²) >= 11 is 0. The third-order valence-electron chi connectivity index (χ3n) is 5.08. The van der Waals surface area contributed by atoms with Crippen LogP contribution in [0.1, 0.15) is 29.0 Å². The Kier molecular flexibility index (Phi) is 4.14. The minimum atomic E-state index is 0.00109. The fourth-order valence-corrected chi connectivity index (χ4v) is 3.58. The average Bonchev–Trinajstić information content (AvgIpc) is 3.16. The van der Waals surface area contributed by atoms with Gasteiger partial charge < -0.3 is 9.88 Å². The van der Waals surface area contributed by atoms with E-state index in [1.54, 1.807) is 0 Å². The van der Waals surface area contributed by atoms with Gasteiger partial charge in [-0.3, -0.25) is 14.4 Å². The van der Waals surface area contributed by atoms with Crippen LogP contribution in [0.3, 0.4) is 0 Å². The summed E-state index contributed by atoms with van der Waals surface area (Å²) < 4.78 is 3.96. The summed E-state index contributed by atoms with van der Waals surface area (Å²) in [6.07, 6.45) is 6.51. The van der Waals surface area contributed by atoms with Crippen molar-refractivity contribution in [1.29, 1.82) is 0 Å². The molecule has 1 N–H and O–H groups in total. The molecule has 1 amide bonds. The molecule has 128 valence electrons. The molecular formula is C18H25N5O. The molecule has 4 rings (SSSR count). The van der Waals surface area contributed by atoms with Crippen molar-refractivity contribution in [1.82, 2.24) is 24.6 Å². The van der Waals surface area contributed by atoms with Crippen molar-refractivity contribution in [2.45, 2.75) is 25.9 Å². The minimum Gasteiger partial charge on any atom is -0.350 e. The molecule has 0 aromatic carbocycles. The summed E-state index contributed by atoms with van der Waals surface area (Å²) in [5, 5.41) is 7.57. The second-order valence-corrected chi connectivity index (χ2v) is 7.22. The molecule has 3 heterocycles. The van der Waals surface area contributed by atoms with Crippen LogP contribution in [0.2, 0.25) is 0 Å². The maximum Gasteiger partial charge on any atom is 0.267 e. The topological polar surface area (TPSA) is 55.1 Å². The van der Waals surface area contributed by atoms with E-state index >= 15 is 0 Å². The highest BCUT2D eigenvalue weighted by Crippen LogP contribution is 2.31. The molecular weight excluding hydrogens is 302 g/mol. The second kappa shape index (κ2) is 6.43. The Morgan fingerprint density at radius 2 is 2.17 bits per heavy atom. The first kappa shape index (κ1) is 15.4. The Balaban J connectivity index is 1.41. The molecule has 24 heavy (non-hydrogen) atoms. The van der Waals surface area contributed by atoms with Crippen LogP contribution in [0.4, 0.5) is 0 Å². The van der Waals surface area contributed by atoms with E-state index in [4.69, 9.17) is 0 Å². The Morgan fingerprint density at radius 3 is 2.92 bits per heavy atom. The van der Waals surface area contributed by atoms with Gasteiger partial charge in [0, 0.05) is 58.1 Å². The molecule has 0 spiro atoms. The van der Waals surface area contributed by atoms with Crippen molar-refractivity contribution in [3.05, 3.63) is 42.0 Å². The zero-order valence-electron chi connectivity index (χ0n) is 14.2. The van der Waals surface area contributed by atoms with E-state index in [1.165, 1.54) is 25.1 Å². The number of carbonyl (C=O) groups excluding carboxylic acids is 1. The van der Waals surface area contributed by atoms with Gasteiger partial charge in [-0.2, -0.15) is 5.10 Å². The molecule has 2 aromatic heterocycles. The number of nitrogens with zero attached hydrogens (tertiary/aromatic N) is 4. The van der Waals surface area contributed by atoms with Gasteiger partial charge in [0.1, 0.15) is 5.69 Å². The predicted octanol–water partition coefficient (Wildman–Crippen LogP) is 1.49. The number of hydrogen-bond donors (Lipinski definition) is 1. The molecule has 2 aromatic rings. The summed E-state index contributed by atoms with van der Waals surface area (Å²) in [7, 11) is 1.90. The van der Waals surface area contributed by atoms with Crippen LogP contribution in [0.15, 0.2) is 30.6 Å². The molecule has 0 radical (unpaired) electrons. The minimum absolute atomic E-state index is 0.00109. The average molecular weight is 327 g/mol. The van der Waals surface area contributed by atoms with Gasteiger partial charge in [0.25, 0.3) is 5.91 Å². The third kappa shape index (κ3) is 3.38. The monoisotopic (exact) mass is 327 g/mol. The standard InChI is InChI=1S/C18H25N5O/c1-21-8-2-3-17(21)18(24)19-9-15-11-22(10-14-4-5-14)13-16-6-7-20-23(16)12-15/h2-3,6-8,14-15H,4-5,9-13H2,1H3,(H,19,24). The van der Waals surface area contributed by atoms with Gasteiger partial charge in [-0.25, -0.2) is 0 Å². The lowest BCUT2D eigenvalue weighted by molar-refractivity contribution is 0.0932. The molecule has 0 bridgehead atoms. The summed E-state index contributed by atoms with van der Waals surface area (Å²) in [6, 6.07) is 5.87. The summed E-state index contributed by atoms with van der Waals surface area (Å²) in [5.74, 6) is 1.26. The second-order valence-electron chi connectivity index (χ2n) is 7.22. The van der Waals surface area contributed by atoms with E-state index in [1.807, 2.05) is 36.1 Å². The number of nitrogens with one attached hydrogen (secondary N) is 1. The number of aromatic nitrogens is 3. The summed E-state index contributed by atoms with van der Waals surface area (Å²) in [5.41, 5.74) is 1.99. The van der Waals surface area contributed by atoms with Gasteiger partial charge in [0.15, 0.2) is 0 Å². The predicted molar refractivity (Wildman–Crippen MR) is 91.5 cm³/mol. The first-order valence-corrected chi connectivity index (χ1v) is 8.81. The summed E-state index contributed by atoms with van der Waals surface area (Å²) in [6.45, 7) is 4.72. The highest BCUT2D eigenvalue weighted by Gasteiger charge is 2.28. The molecule has 6 heteroatoms. The molecule has 1 fully saturated rings. The van der Waals surface area contributed by atoms with Gasteiger partial charge in [-0.15, -0.1) is 0 Å². The molecule has 0 saturated heterocycles. The zero-order valence-corrected chi connectivity index (χ0v) is 14.2. The van der Waals surface area contributed by atoms with E-state index in [2.05, 4.69) is 26.1 Å². The van der Waals surface area contributed by atoms with Crippen LogP contribution in [0.5, 0.6) is 0 Å². The molecule has 6 nitrogen and oxygen atoms in total. The highest BCUT2D eigenvalue weighted by molar-refractivity contribution is 5.92. The normalized spacial score (nSPS) is 21.3. The Bertz CT molecular complexity index is 715. The van der Waals surface area contributed by atoms with Crippen LogP contribution >= 0.6 is 0 Å². The first-order valence-electron chi connectivity index (χ1n) is 8.81. The van der Waals surface area contributed by atoms with Crippen molar-refractivity contribution < 1.29 is 4.79 Å². The van der Waals surface area contributed by atoms with Crippen LogP contribution in [-0.2, 0) is 20.1 Å². The van der Waals surface area contributed by atoms with E-state index in [0.717, 1.165) is 25.6 Å².